The number of rotatable bonds is 4. The predicted octanol–water partition coefficient (Wildman–Crippen LogP) is 2.19. The van der Waals surface area contributed by atoms with Gasteiger partial charge < -0.3 is 16.4 Å². The van der Waals surface area contributed by atoms with E-state index in [4.69, 9.17) is 6.15 Å². The molecule has 0 aromatic carbocycles. The summed E-state index contributed by atoms with van der Waals surface area (Å²) in [5, 5.41) is 0. The van der Waals surface area contributed by atoms with E-state index in [1.165, 1.54) is 45.9 Å². The fourth-order valence-electron chi connectivity index (χ4n) is 0.144. The molecule has 0 fully saturated rings. The van der Waals surface area contributed by atoms with Crippen molar-refractivity contribution < 1.29 is 22.6 Å². The Morgan fingerprint density at radius 2 is 0.882 bits per heavy atom. The van der Waals surface area contributed by atoms with Crippen molar-refractivity contribution in [1.82, 2.24) is 0 Å². The summed E-state index contributed by atoms with van der Waals surface area (Å²) in [6.45, 7) is 12.7. The van der Waals surface area contributed by atoms with Gasteiger partial charge in [-0.25, -0.2) is 0 Å². The fourth-order valence-corrected chi connectivity index (χ4v) is 0.968. The van der Waals surface area contributed by atoms with Crippen LogP contribution < -0.4 is 0 Å². The first-order valence-corrected chi connectivity index (χ1v) is 7.27. The van der Waals surface area contributed by atoms with E-state index in [9.17, 15) is 0 Å². The van der Waals surface area contributed by atoms with E-state index >= 15 is 0 Å². The second-order valence-electron chi connectivity index (χ2n) is 4.43. The van der Waals surface area contributed by atoms with Crippen molar-refractivity contribution in [3.05, 3.63) is 0 Å². The first-order chi connectivity index (χ1) is 6.24. The molecule has 0 rings (SSSR count). The minimum absolute atomic E-state index is 0. The van der Waals surface area contributed by atoms with E-state index < -0.39 is 0 Å². The molecular weight excluding hydrogens is 438 g/mol. The van der Waals surface area contributed by atoms with Crippen molar-refractivity contribution in [1.29, 1.82) is 0 Å². The molecule has 0 atom stereocenters. The molecule has 0 aliphatic heterocycles. The Hall–Kier alpha value is 1.40. The molecule has 0 radical (unpaired) electrons. The molecule has 0 saturated carbocycles. The van der Waals surface area contributed by atoms with Gasteiger partial charge in [-0.3, -0.25) is 0 Å². The summed E-state index contributed by atoms with van der Waals surface area (Å²) in [6.07, 6.45) is 2.19. The largest absolute Gasteiger partial charge is 2.00 e. The van der Waals surface area contributed by atoms with Crippen molar-refractivity contribution >= 4 is 45.9 Å². The van der Waals surface area contributed by atoms with Gasteiger partial charge in [0.15, 0.2) is 0 Å². The minimum Gasteiger partial charge on any atom is -2.00 e. The molecule has 0 heterocycles. The van der Waals surface area contributed by atoms with Crippen LogP contribution in [0.5, 0.6) is 0 Å². The zero-order valence-corrected chi connectivity index (χ0v) is 17.2. The summed E-state index contributed by atoms with van der Waals surface area (Å²) in [6, 6.07) is 0. The summed E-state index contributed by atoms with van der Waals surface area (Å²) < 4.78 is 10.4. The average Bonchev–Trinajstić information content (AvgIpc) is 2.19. The second kappa shape index (κ2) is 15.5. The van der Waals surface area contributed by atoms with E-state index in [0.29, 0.717) is 0 Å². The van der Waals surface area contributed by atoms with Crippen LogP contribution >= 0.6 is 0 Å². The Kier molecular flexibility index (Phi) is 28.2. The molecular formula is C10H22O5Sn2. The van der Waals surface area contributed by atoms with Gasteiger partial charge in [0.2, 0.25) is 0 Å². The van der Waals surface area contributed by atoms with Crippen LogP contribution in [0.3, 0.4) is 0 Å². The van der Waals surface area contributed by atoms with Gasteiger partial charge in [-0.05, 0) is 0 Å². The van der Waals surface area contributed by atoms with Gasteiger partial charge in [-0.15, -0.1) is 0 Å². The minimum atomic E-state index is 0. The topological polar surface area (TPSA) is 104 Å². The first kappa shape index (κ1) is 31.0. The molecule has 0 spiro atoms. The predicted molar refractivity (Wildman–Crippen MR) is 64.5 cm³/mol. The van der Waals surface area contributed by atoms with E-state index in [1.54, 1.807) is 0 Å². The molecule has 17 heavy (non-hydrogen) atoms. The monoisotopic (exact) mass is 462 g/mol. The molecule has 5 nitrogen and oxygen atoms in total. The summed E-state index contributed by atoms with van der Waals surface area (Å²) in [5.41, 5.74) is 0.247. The Morgan fingerprint density at radius 1 is 0.706 bits per heavy atom. The van der Waals surface area contributed by atoms with Gasteiger partial charge in [0.05, 0.1) is 0 Å². The Labute approximate surface area is 133 Å². The molecule has 0 bridgehead atoms. The molecule has 0 aromatic heterocycles. The van der Waals surface area contributed by atoms with Gasteiger partial charge in [0.25, 0.3) is 0 Å². The first-order valence-electron chi connectivity index (χ1n) is 4.94. The van der Waals surface area contributed by atoms with Gasteiger partial charge >= 0.3 is 118 Å². The van der Waals surface area contributed by atoms with Crippen LogP contribution in [0.25, 0.3) is 0 Å². The molecule has 0 N–H and O–H groups in total. The van der Waals surface area contributed by atoms with Crippen LogP contribution in [0.15, 0.2) is 0 Å². The summed E-state index contributed by atoms with van der Waals surface area (Å²) >= 11 is 2.34. The average molecular weight is 460 g/mol. The standard InChI is InChI=1S/2C5H11O.3O.2Sn/c2*1-4-5(2,3)6;;;;;/h2*4H2,1-3H3;;;;;/q2*-1;3*-2;2*+4. The maximum Gasteiger partial charge on any atom is -2.00 e. The van der Waals surface area contributed by atoms with Crippen LogP contribution in [-0.2, 0) is 22.6 Å². The summed E-state index contributed by atoms with van der Waals surface area (Å²) in [4.78, 5) is 0. The molecule has 0 aromatic rings. The smallest absolute Gasteiger partial charge is 2.00 e. The fraction of sp³-hybridized carbons (Fsp3) is 1.00. The molecule has 0 aliphatic carbocycles. The van der Waals surface area contributed by atoms with Crippen molar-refractivity contribution in [3.8, 4) is 0 Å². The second-order valence-corrected chi connectivity index (χ2v) is 5.60. The summed E-state index contributed by atoms with van der Waals surface area (Å²) in [5.74, 6) is 0. The van der Waals surface area contributed by atoms with Crippen molar-refractivity contribution in [2.45, 2.75) is 65.6 Å². The number of hydrogen-bond donors (Lipinski definition) is 0. The van der Waals surface area contributed by atoms with Crippen LogP contribution in [-0.4, -0.2) is 57.1 Å². The number of hydrogen-bond acceptors (Lipinski definition) is 2. The summed E-state index contributed by atoms with van der Waals surface area (Å²) in [7, 11) is 0. The normalized spacial score (nSPS) is 10.0. The van der Waals surface area contributed by atoms with Crippen molar-refractivity contribution in [2.75, 3.05) is 0 Å². The van der Waals surface area contributed by atoms with Crippen LogP contribution in [0.1, 0.15) is 54.4 Å². The Balaban J connectivity index is -0.0000000480. The molecule has 100 valence electrons. The van der Waals surface area contributed by atoms with E-state index in [-0.39, 0.29) is 27.6 Å². The quantitative estimate of drug-likeness (QED) is 0.601. The molecule has 0 unspecified atom stereocenters. The Morgan fingerprint density at radius 3 is 0.882 bits per heavy atom. The molecule has 0 saturated heterocycles. The third-order valence-electron chi connectivity index (χ3n) is 2.26. The van der Waals surface area contributed by atoms with Crippen LogP contribution in [0.2, 0.25) is 0 Å². The van der Waals surface area contributed by atoms with E-state index in [0.717, 1.165) is 12.8 Å². The molecule has 0 aliphatic rings. The van der Waals surface area contributed by atoms with E-state index in [2.05, 4.69) is 41.5 Å². The van der Waals surface area contributed by atoms with Crippen molar-refractivity contribution in [3.63, 3.8) is 0 Å². The van der Waals surface area contributed by atoms with Gasteiger partial charge in [0, 0.05) is 0 Å². The van der Waals surface area contributed by atoms with E-state index in [1.807, 2.05) is 0 Å². The third-order valence-corrected chi connectivity index (χ3v) is 5.41. The van der Waals surface area contributed by atoms with Crippen LogP contribution in [0.4, 0.5) is 0 Å². The SMILES string of the molecule is CCC(C)(C)[O][Sn+3].CCC(C)(C)[O][Sn+3].[O-2].[O-2].[O-2]. The van der Waals surface area contributed by atoms with Crippen LogP contribution in [0, 0.1) is 0 Å². The molecule has 7 heteroatoms. The maximum atomic E-state index is 5.18. The van der Waals surface area contributed by atoms with Gasteiger partial charge in [0.1, 0.15) is 0 Å². The zero-order chi connectivity index (χ0) is 11.8. The molecule has 0 amide bonds. The van der Waals surface area contributed by atoms with Gasteiger partial charge in [-0.1, -0.05) is 0 Å². The third kappa shape index (κ3) is 23.0. The zero-order valence-electron chi connectivity index (χ0n) is 11.5. The van der Waals surface area contributed by atoms with Gasteiger partial charge in [-0.2, -0.15) is 0 Å². The Bertz CT molecular complexity index is 115. The van der Waals surface area contributed by atoms with Crippen molar-refractivity contribution in [2.24, 2.45) is 0 Å². The maximum absolute atomic E-state index is 5.18.